The molecule has 2 fully saturated rings. The van der Waals surface area contributed by atoms with Gasteiger partial charge in [-0.25, -0.2) is 0 Å². The topological polar surface area (TPSA) is 9.23 Å². The van der Waals surface area contributed by atoms with Gasteiger partial charge < -0.3 is 4.74 Å². The molecule has 2 aliphatic rings. The Morgan fingerprint density at radius 2 is 1.68 bits per heavy atom. The molecule has 2 unspecified atom stereocenters. The summed E-state index contributed by atoms with van der Waals surface area (Å²) < 4.78 is 6.04. The quantitative estimate of drug-likeness (QED) is 0.748. The molecule has 2 aliphatic carbocycles. The van der Waals surface area contributed by atoms with E-state index in [4.69, 9.17) is 4.74 Å². The van der Waals surface area contributed by atoms with Crippen molar-refractivity contribution in [3.63, 3.8) is 0 Å². The lowest BCUT2D eigenvalue weighted by molar-refractivity contribution is 0.0146. The van der Waals surface area contributed by atoms with Gasteiger partial charge in [-0.05, 0) is 62.0 Å². The van der Waals surface area contributed by atoms with Crippen molar-refractivity contribution in [2.45, 2.75) is 46.0 Å². The molecule has 1 nitrogen and oxygen atoms in total. The molecular weight excluding hydrogens is 232 g/mol. The van der Waals surface area contributed by atoms with Crippen molar-refractivity contribution >= 4 is 0 Å². The van der Waals surface area contributed by atoms with Gasteiger partial charge >= 0.3 is 0 Å². The molecule has 1 aromatic carbocycles. The second-order valence-corrected chi connectivity index (χ2v) is 7.36. The average molecular weight is 258 g/mol. The van der Waals surface area contributed by atoms with Crippen LogP contribution in [-0.4, -0.2) is 6.61 Å². The summed E-state index contributed by atoms with van der Waals surface area (Å²) in [5.74, 6) is 3.87. The first-order valence-electron chi connectivity index (χ1n) is 7.81. The predicted octanol–water partition coefficient (Wildman–Crippen LogP) is 4.92. The fourth-order valence-electron chi connectivity index (χ4n) is 4.60. The summed E-state index contributed by atoms with van der Waals surface area (Å²) in [4.78, 5) is 0. The van der Waals surface area contributed by atoms with E-state index in [1.54, 1.807) is 0 Å². The molecule has 2 atom stereocenters. The van der Waals surface area contributed by atoms with Gasteiger partial charge in [0.25, 0.3) is 0 Å². The van der Waals surface area contributed by atoms with Gasteiger partial charge in [0.05, 0.1) is 6.61 Å². The molecule has 2 saturated carbocycles. The Hall–Kier alpha value is -0.980. The zero-order valence-corrected chi connectivity index (χ0v) is 12.3. The molecule has 2 bridgehead atoms. The third-order valence-corrected chi connectivity index (χ3v) is 5.03. The lowest BCUT2D eigenvalue weighted by Gasteiger charge is -2.47. The Balaban J connectivity index is 1.61. The van der Waals surface area contributed by atoms with Crippen molar-refractivity contribution in [2.75, 3.05) is 6.61 Å². The van der Waals surface area contributed by atoms with Gasteiger partial charge in [-0.15, -0.1) is 0 Å². The van der Waals surface area contributed by atoms with Crippen LogP contribution in [0.1, 0.15) is 46.0 Å². The molecule has 1 aromatic rings. The van der Waals surface area contributed by atoms with Gasteiger partial charge in [0, 0.05) is 5.41 Å². The third kappa shape index (κ3) is 3.13. The molecule has 0 aliphatic heterocycles. The monoisotopic (exact) mass is 258 g/mol. The van der Waals surface area contributed by atoms with E-state index < -0.39 is 0 Å². The van der Waals surface area contributed by atoms with E-state index in [0.29, 0.717) is 5.41 Å². The van der Waals surface area contributed by atoms with Crippen molar-refractivity contribution in [3.8, 4) is 5.75 Å². The van der Waals surface area contributed by atoms with E-state index >= 15 is 0 Å². The van der Waals surface area contributed by atoms with Crippen LogP contribution in [0.25, 0.3) is 0 Å². The SMILES string of the molecule is CC1CC2CC(C1)CC(C)(COc1ccccc1)C2. The highest BCUT2D eigenvalue weighted by molar-refractivity contribution is 5.21. The van der Waals surface area contributed by atoms with Crippen LogP contribution in [-0.2, 0) is 0 Å². The van der Waals surface area contributed by atoms with E-state index in [2.05, 4.69) is 38.1 Å². The number of para-hydroxylation sites is 1. The van der Waals surface area contributed by atoms with Crippen LogP contribution in [0.4, 0.5) is 0 Å². The minimum atomic E-state index is 0.392. The van der Waals surface area contributed by atoms with Crippen LogP contribution in [0.2, 0.25) is 0 Å². The maximum absolute atomic E-state index is 6.04. The average Bonchev–Trinajstić information content (AvgIpc) is 2.36. The first-order chi connectivity index (χ1) is 9.13. The zero-order valence-electron chi connectivity index (χ0n) is 12.3. The zero-order chi connectivity index (χ0) is 13.3. The summed E-state index contributed by atoms with van der Waals surface area (Å²) in [6.07, 6.45) is 7.08. The van der Waals surface area contributed by atoms with Crippen molar-refractivity contribution in [2.24, 2.45) is 23.2 Å². The van der Waals surface area contributed by atoms with E-state index in [1.165, 1.54) is 32.1 Å². The van der Waals surface area contributed by atoms with E-state index in [9.17, 15) is 0 Å². The van der Waals surface area contributed by atoms with E-state index in [-0.39, 0.29) is 0 Å². The first kappa shape index (κ1) is 13.0. The van der Waals surface area contributed by atoms with Crippen LogP contribution < -0.4 is 4.74 Å². The normalized spacial score (nSPS) is 37.9. The molecular formula is C18H26O. The largest absolute Gasteiger partial charge is 0.493 e. The van der Waals surface area contributed by atoms with Gasteiger partial charge in [-0.1, -0.05) is 32.0 Å². The highest BCUT2D eigenvalue weighted by atomic mass is 16.5. The molecule has 19 heavy (non-hydrogen) atoms. The van der Waals surface area contributed by atoms with Gasteiger partial charge in [0.2, 0.25) is 0 Å². The van der Waals surface area contributed by atoms with Gasteiger partial charge in [0.15, 0.2) is 0 Å². The van der Waals surface area contributed by atoms with Crippen molar-refractivity contribution < 1.29 is 4.74 Å². The lowest BCUT2D eigenvalue weighted by Crippen LogP contribution is -2.39. The maximum atomic E-state index is 6.04. The number of fused-ring (bicyclic) bond motifs is 2. The molecule has 1 heteroatoms. The molecule has 0 amide bonds. The fourth-order valence-corrected chi connectivity index (χ4v) is 4.60. The summed E-state index contributed by atoms with van der Waals surface area (Å²) in [5, 5.41) is 0. The second-order valence-electron chi connectivity index (χ2n) is 7.36. The Labute approximate surface area is 117 Å². The van der Waals surface area contributed by atoms with Crippen molar-refractivity contribution in [1.82, 2.24) is 0 Å². The van der Waals surface area contributed by atoms with Gasteiger partial charge in [0.1, 0.15) is 5.75 Å². The summed E-state index contributed by atoms with van der Waals surface area (Å²) in [6.45, 7) is 5.76. The summed E-state index contributed by atoms with van der Waals surface area (Å²) >= 11 is 0. The predicted molar refractivity (Wildman–Crippen MR) is 79.3 cm³/mol. The summed E-state index contributed by atoms with van der Waals surface area (Å²) in [7, 11) is 0. The number of benzene rings is 1. The number of ether oxygens (including phenoxy) is 1. The number of hydrogen-bond acceptors (Lipinski definition) is 1. The molecule has 0 saturated heterocycles. The van der Waals surface area contributed by atoms with Crippen LogP contribution in [0.3, 0.4) is 0 Å². The van der Waals surface area contributed by atoms with Crippen molar-refractivity contribution in [3.05, 3.63) is 30.3 Å². The molecule has 3 rings (SSSR count). The highest BCUT2D eigenvalue weighted by Crippen LogP contribution is 2.50. The Kier molecular flexibility index (Phi) is 3.56. The summed E-state index contributed by atoms with van der Waals surface area (Å²) in [5.41, 5.74) is 0.392. The number of rotatable bonds is 3. The molecule has 0 N–H and O–H groups in total. The standard InChI is InChI=1S/C18H26O/c1-14-8-15-10-16(9-14)12-18(2,11-15)13-19-17-6-4-3-5-7-17/h3-7,14-16H,8-13H2,1-2H3. The smallest absolute Gasteiger partial charge is 0.119 e. The Morgan fingerprint density at radius 1 is 1.05 bits per heavy atom. The molecule has 0 radical (unpaired) electrons. The molecule has 0 spiro atoms. The minimum Gasteiger partial charge on any atom is -0.493 e. The van der Waals surface area contributed by atoms with Gasteiger partial charge in [-0.2, -0.15) is 0 Å². The Bertz CT molecular complexity index is 393. The second kappa shape index (κ2) is 5.19. The molecule has 0 aromatic heterocycles. The third-order valence-electron chi connectivity index (χ3n) is 5.03. The summed E-state index contributed by atoms with van der Waals surface area (Å²) in [6, 6.07) is 10.3. The molecule has 104 valence electrons. The first-order valence-corrected chi connectivity index (χ1v) is 7.81. The lowest BCUT2D eigenvalue weighted by atomic mass is 9.60. The molecule has 0 heterocycles. The number of hydrogen-bond donors (Lipinski definition) is 0. The highest BCUT2D eigenvalue weighted by Gasteiger charge is 2.41. The van der Waals surface area contributed by atoms with E-state index in [1.807, 2.05) is 6.07 Å². The maximum Gasteiger partial charge on any atom is 0.119 e. The fraction of sp³-hybridized carbons (Fsp3) is 0.667. The van der Waals surface area contributed by atoms with E-state index in [0.717, 1.165) is 30.1 Å². The Morgan fingerprint density at radius 3 is 2.32 bits per heavy atom. The van der Waals surface area contributed by atoms with Crippen LogP contribution in [0.5, 0.6) is 5.75 Å². The van der Waals surface area contributed by atoms with Crippen LogP contribution in [0, 0.1) is 23.2 Å². The van der Waals surface area contributed by atoms with Crippen LogP contribution >= 0.6 is 0 Å². The minimum absolute atomic E-state index is 0.392. The van der Waals surface area contributed by atoms with Crippen LogP contribution in [0.15, 0.2) is 30.3 Å². The van der Waals surface area contributed by atoms with Gasteiger partial charge in [-0.3, -0.25) is 0 Å². The van der Waals surface area contributed by atoms with Crippen molar-refractivity contribution in [1.29, 1.82) is 0 Å².